The number of rotatable bonds is 2. The third kappa shape index (κ3) is 3.35. The van der Waals surface area contributed by atoms with Crippen LogP contribution in [0.4, 0.5) is 13.2 Å². The van der Waals surface area contributed by atoms with Gasteiger partial charge in [-0.05, 0) is 35.4 Å². The van der Waals surface area contributed by atoms with Gasteiger partial charge in [0.1, 0.15) is 0 Å². The van der Waals surface area contributed by atoms with E-state index in [0.717, 1.165) is 4.47 Å². The summed E-state index contributed by atoms with van der Waals surface area (Å²) in [5.74, 6) is -1.67. The third-order valence-corrected chi connectivity index (χ3v) is 2.14. The first-order valence-electron chi connectivity index (χ1n) is 3.59. The smallest absolute Gasteiger partial charge is 0.204 e. The Morgan fingerprint density at radius 2 is 1.79 bits per heavy atom. The van der Waals surface area contributed by atoms with Crippen molar-refractivity contribution in [1.82, 2.24) is 0 Å². The first-order chi connectivity index (χ1) is 6.39. The third-order valence-electron chi connectivity index (χ3n) is 1.43. The van der Waals surface area contributed by atoms with Gasteiger partial charge in [0.2, 0.25) is 0 Å². The lowest BCUT2D eigenvalue weighted by Gasteiger charge is -2.03. The molecule has 1 aromatic carbocycles. The van der Waals surface area contributed by atoms with Gasteiger partial charge >= 0.3 is 5.38 Å². The second kappa shape index (κ2) is 4.36. The van der Waals surface area contributed by atoms with Crippen molar-refractivity contribution in [3.63, 3.8) is 0 Å². The van der Waals surface area contributed by atoms with E-state index in [0.29, 0.717) is 11.6 Å². The summed E-state index contributed by atoms with van der Waals surface area (Å²) in [7, 11) is 0. The molecule has 14 heavy (non-hydrogen) atoms. The molecule has 0 nitrogen and oxygen atoms in total. The van der Waals surface area contributed by atoms with Gasteiger partial charge in [0.25, 0.3) is 0 Å². The Bertz CT molecular complexity index is 340. The highest BCUT2D eigenvalue weighted by Gasteiger charge is 2.31. The van der Waals surface area contributed by atoms with E-state index >= 15 is 0 Å². The zero-order valence-corrected chi connectivity index (χ0v) is 9.12. The number of hydrogen-bond donors (Lipinski definition) is 0. The highest BCUT2D eigenvalue weighted by atomic mass is 79.9. The van der Waals surface area contributed by atoms with Crippen LogP contribution < -0.4 is 0 Å². The fraction of sp³-hybridized carbons (Fsp3) is 0.111. The average molecular weight is 285 g/mol. The predicted molar refractivity (Wildman–Crippen MR) is 54.0 cm³/mol. The van der Waals surface area contributed by atoms with Gasteiger partial charge in [0, 0.05) is 4.47 Å². The molecule has 0 heterocycles. The number of allylic oxidation sites excluding steroid dienone is 1. The van der Waals surface area contributed by atoms with Crippen molar-refractivity contribution in [3.8, 4) is 0 Å². The van der Waals surface area contributed by atoms with Gasteiger partial charge in [-0.3, -0.25) is 0 Å². The maximum absolute atomic E-state index is 12.7. The highest BCUT2D eigenvalue weighted by molar-refractivity contribution is 9.10. The fourth-order valence-corrected chi connectivity index (χ4v) is 1.11. The van der Waals surface area contributed by atoms with Gasteiger partial charge in [0.05, 0.1) is 0 Å². The van der Waals surface area contributed by atoms with Crippen LogP contribution in [0.2, 0.25) is 0 Å². The molecule has 0 unspecified atom stereocenters. The van der Waals surface area contributed by atoms with Crippen molar-refractivity contribution in [2.24, 2.45) is 0 Å². The van der Waals surface area contributed by atoms with Crippen molar-refractivity contribution >= 4 is 33.6 Å². The van der Waals surface area contributed by atoms with Crippen LogP contribution in [0.3, 0.4) is 0 Å². The molecule has 0 saturated heterocycles. The predicted octanol–water partition coefficient (Wildman–Crippen LogP) is 4.59. The van der Waals surface area contributed by atoms with Gasteiger partial charge in [-0.1, -0.05) is 28.1 Å². The van der Waals surface area contributed by atoms with E-state index in [4.69, 9.17) is 0 Å². The average Bonchev–Trinajstić information content (AvgIpc) is 2.07. The molecule has 0 aliphatic carbocycles. The molecular weight excluding hydrogens is 280 g/mol. The zero-order chi connectivity index (χ0) is 10.8. The zero-order valence-electron chi connectivity index (χ0n) is 6.78. The van der Waals surface area contributed by atoms with Gasteiger partial charge in [0.15, 0.2) is 5.83 Å². The first kappa shape index (κ1) is 11.6. The van der Waals surface area contributed by atoms with Crippen LogP contribution in [0, 0.1) is 0 Å². The van der Waals surface area contributed by atoms with E-state index in [1.54, 1.807) is 12.1 Å². The maximum Gasteiger partial charge on any atom is 0.373 e. The largest absolute Gasteiger partial charge is 0.373 e. The molecule has 5 heteroatoms. The minimum absolute atomic E-state index is 0.325. The number of alkyl halides is 3. The minimum Gasteiger partial charge on any atom is -0.204 e. The number of benzene rings is 1. The Kier molecular flexibility index (Phi) is 3.61. The van der Waals surface area contributed by atoms with Gasteiger partial charge in [-0.15, -0.1) is 0 Å². The Morgan fingerprint density at radius 1 is 1.29 bits per heavy atom. The summed E-state index contributed by atoms with van der Waals surface area (Å²) < 4.78 is 37.8. The van der Waals surface area contributed by atoms with Crippen LogP contribution >= 0.6 is 27.5 Å². The van der Waals surface area contributed by atoms with E-state index < -0.39 is 11.2 Å². The second-order valence-electron chi connectivity index (χ2n) is 2.54. The molecule has 0 amide bonds. The van der Waals surface area contributed by atoms with Crippen molar-refractivity contribution in [1.29, 1.82) is 0 Å². The molecule has 0 aromatic heterocycles. The van der Waals surface area contributed by atoms with Crippen LogP contribution in [0.1, 0.15) is 5.56 Å². The van der Waals surface area contributed by atoms with E-state index in [-0.39, 0.29) is 0 Å². The van der Waals surface area contributed by atoms with Crippen molar-refractivity contribution in [2.75, 3.05) is 0 Å². The molecule has 0 spiro atoms. The molecular formula is C9H5BrClF3. The van der Waals surface area contributed by atoms with Crippen molar-refractivity contribution in [3.05, 3.63) is 40.1 Å². The summed E-state index contributed by atoms with van der Waals surface area (Å²) in [4.78, 5) is 0. The van der Waals surface area contributed by atoms with Gasteiger partial charge < -0.3 is 0 Å². The lowest BCUT2D eigenvalue weighted by molar-refractivity contribution is 0.112. The molecule has 0 saturated carbocycles. The number of hydrogen-bond acceptors (Lipinski definition) is 0. The van der Waals surface area contributed by atoms with Crippen LogP contribution in [-0.4, -0.2) is 5.38 Å². The van der Waals surface area contributed by atoms with E-state index in [2.05, 4.69) is 27.5 Å². The quantitative estimate of drug-likeness (QED) is 0.697. The normalized spacial score (nSPS) is 13.1. The van der Waals surface area contributed by atoms with Crippen LogP contribution in [0.25, 0.3) is 6.08 Å². The Morgan fingerprint density at radius 3 is 2.21 bits per heavy atom. The standard InChI is InChI=1S/C9H5BrClF3/c10-7-3-1-6(2-4-7)5-8(12)9(11,13)14/h1-5H/b8-5-. The summed E-state index contributed by atoms with van der Waals surface area (Å²) in [6.45, 7) is 0. The van der Waals surface area contributed by atoms with Gasteiger partial charge in [-0.25, -0.2) is 4.39 Å². The molecule has 0 bridgehead atoms. The Labute approximate surface area is 92.5 Å². The molecule has 0 atom stereocenters. The minimum atomic E-state index is -3.94. The first-order valence-corrected chi connectivity index (χ1v) is 4.76. The van der Waals surface area contributed by atoms with Crippen LogP contribution in [0.5, 0.6) is 0 Å². The molecule has 1 rings (SSSR count). The molecule has 0 aliphatic rings. The Hall–Kier alpha value is -0.480. The molecule has 0 N–H and O–H groups in total. The topological polar surface area (TPSA) is 0 Å². The summed E-state index contributed by atoms with van der Waals surface area (Å²) in [6, 6.07) is 6.22. The summed E-state index contributed by atoms with van der Waals surface area (Å²) in [5.41, 5.74) is 0.325. The molecule has 76 valence electrons. The molecule has 1 aromatic rings. The van der Waals surface area contributed by atoms with Crippen LogP contribution in [0.15, 0.2) is 34.6 Å². The summed E-state index contributed by atoms with van der Waals surface area (Å²) in [5, 5.41) is -3.94. The summed E-state index contributed by atoms with van der Waals surface area (Å²) in [6.07, 6.45) is 0.694. The lowest BCUT2D eigenvalue weighted by Crippen LogP contribution is -2.05. The number of halogens is 5. The SMILES string of the molecule is F/C(=C\c1ccc(Br)cc1)C(F)(F)Cl. The molecule has 0 radical (unpaired) electrons. The lowest BCUT2D eigenvalue weighted by atomic mass is 10.2. The molecule has 0 fully saturated rings. The van der Waals surface area contributed by atoms with Gasteiger partial charge in [-0.2, -0.15) is 8.78 Å². The highest BCUT2D eigenvalue weighted by Crippen LogP contribution is 2.31. The second-order valence-corrected chi connectivity index (χ2v) is 3.93. The molecule has 0 aliphatic heterocycles. The monoisotopic (exact) mass is 284 g/mol. The van der Waals surface area contributed by atoms with Crippen molar-refractivity contribution in [2.45, 2.75) is 5.38 Å². The van der Waals surface area contributed by atoms with Crippen LogP contribution in [-0.2, 0) is 0 Å². The maximum atomic E-state index is 12.7. The van der Waals surface area contributed by atoms with E-state index in [1.807, 2.05) is 0 Å². The summed E-state index contributed by atoms with van der Waals surface area (Å²) >= 11 is 7.64. The van der Waals surface area contributed by atoms with Crippen molar-refractivity contribution < 1.29 is 13.2 Å². The van der Waals surface area contributed by atoms with E-state index in [1.165, 1.54) is 12.1 Å². The van der Waals surface area contributed by atoms with E-state index in [9.17, 15) is 13.2 Å². The fourth-order valence-electron chi connectivity index (χ4n) is 0.787. The Balaban J connectivity index is 2.93.